The standard InChI is InChI=1S/C41H42ClN2/c1-40(2)35(43(5)33-24-21-27-13-7-9-18-31(27)37(33)40)20-12-17-29-15-11-16-30(39(29)42)23-26-36-41(3,4)38-32-19-10-8-14-28(32)22-25-34(38)44(36)6/h7-10,12-14,17-26,29H,11,15-16H2,1-6H3/q+1. The zero-order valence-corrected chi connectivity index (χ0v) is 27.5. The normalized spacial score (nSPS) is 21.9. The topological polar surface area (TPSA) is 6.25 Å². The Morgan fingerprint density at radius 1 is 0.818 bits per heavy atom. The predicted molar refractivity (Wildman–Crippen MR) is 190 cm³/mol. The van der Waals surface area contributed by atoms with Crippen molar-refractivity contribution in [1.29, 1.82) is 0 Å². The average molecular weight is 598 g/mol. The summed E-state index contributed by atoms with van der Waals surface area (Å²) in [4.78, 5) is 2.36. The Morgan fingerprint density at radius 3 is 2.20 bits per heavy atom. The monoisotopic (exact) mass is 597 g/mol. The van der Waals surface area contributed by atoms with Crippen molar-refractivity contribution >= 4 is 50.2 Å². The van der Waals surface area contributed by atoms with Crippen LogP contribution in [0.4, 0.5) is 11.4 Å². The second kappa shape index (κ2) is 10.6. The fraction of sp³-hybridized carbons (Fsp3) is 0.293. The van der Waals surface area contributed by atoms with E-state index >= 15 is 0 Å². The summed E-state index contributed by atoms with van der Waals surface area (Å²) in [5, 5.41) is 6.26. The summed E-state index contributed by atoms with van der Waals surface area (Å²) in [7, 11) is 4.39. The number of anilines is 1. The Kier molecular flexibility index (Phi) is 6.98. The van der Waals surface area contributed by atoms with Gasteiger partial charge in [-0.3, -0.25) is 0 Å². The number of benzene rings is 4. The maximum absolute atomic E-state index is 7.15. The molecule has 4 aromatic carbocycles. The molecule has 0 aromatic heterocycles. The van der Waals surface area contributed by atoms with Crippen LogP contribution >= 0.6 is 11.6 Å². The molecule has 44 heavy (non-hydrogen) atoms. The molecule has 7 rings (SSSR count). The smallest absolute Gasteiger partial charge is 0.210 e. The lowest BCUT2D eigenvalue weighted by Gasteiger charge is -2.24. The number of allylic oxidation sites excluding steroid dienone is 8. The van der Waals surface area contributed by atoms with Crippen LogP contribution in [0.25, 0.3) is 21.5 Å². The van der Waals surface area contributed by atoms with Crippen LogP contribution in [0.2, 0.25) is 0 Å². The van der Waals surface area contributed by atoms with E-state index in [2.05, 4.69) is 154 Å². The minimum absolute atomic E-state index is 0.0877. The van der Waals surface area contributed by atoms with Gasteiger partial charge in [0.15, 0.2) is 5.71 Å². The molecule has 3 aliphatic rings. The van der Waals surface area contributed by atoms with Gasteiger partial charge >= 0.3 is 0 Å². The van der Waals surface area contributed by atoms with Crippen molar-refractivity contribution in [2.45, 2.75) is 57.8 Å². The number of rotatable bonds is 4. The molecule has 2 heterocycles. The molecule has 0 spiro atoms. The third-order valence-electron chi connectivity index (χ3n) is 10.4. The Bertz CT molecular complexity index is 1980. The average Bonchev–Trinajstić information content (AvgIpc) is 3.34. The maximum atomic E-state index is 7.15. The van der Waals surface area contributed by atoms with Crippen molar-refractivity contribution < 1.29 is 4.58 Å². The lowest BCUT2D eigenvalue weighted by atomic mass is 9.78. The van der Waals surface area contributed by atoms with Gasteiger partial charge in [-0.15, -0.1) is 0 Å². The van der Waals surface area contributed by atoms with Crippen molar-refractivity contribution in [3.8, 4) is 0 Å². The van der Waals surface area contributed by atoms with Crippen LogP contribution in [0.3, 0.4) is 0 Å². The Hall–Kier alpha value is -3.88. The summed E-state index contributed by atoms with van der Waals surface area (Å²) >= 11 is 7.15. The lowest BCUT2D eigenvalue weighted by Crippen LogP contribution is -2.27. The van der Waals surface area contributed by atoms with Crippen molar-refractivity contribution in [3.05, 3.63) is 131 Å². The molecule has 4 aromatic rings. The molecule has 1 unspecified atom stereocenters. The number of nitrogens with zero attached hydrogens (tertiary/aromatic N) is 2. The Balaban J connectivity index is 1.16. The van der Waals surface area contributed by atoms with Gasteiger partial charge in [0.2, 0.25) is 5.69 Å². The fourth-order valence-corrected chi connectivity index (χ4v) is 8.53. The van der Waals surface area contributed by atoms with Crippen LogP contribution < -0.4 is 4.90 Å². The zero-order valence-electron chi connectivity index (χ0n) is 26.8. The molecule has 0 fully saturated rings. The molecule has 0 amide bonds. The van der Waals surface area contributed by atoms with Gasteiger partial charge in [-0.25, -0.2) is 0 Å². The lowest BCUT2D eigenvalue weighted by molar-refractivity contribution is -0.401. The number of fused-ring (bicyclic) bond motifs is 6. The fourth-order valence-electron chi connectivity index (χ4n) is 8.19. The van der Waals surface area contributed by atoms with E-state index in [0.717, 1.165) is 24.3 Å². The minimum Gasteiger partial charge on any atom is -0.347 e. The summed E-state index contributed by atoms with van der Waals surface area (Å²) in [6.07, 6.45) is 14.7. The molecule has 1 aliphatic carbocycles. The van der Waals surface area contributed by atoms with Crippen LogP contribution in [0.1, 0.15) is 58.1 Å². The zero-order chi connectivity index (χ0) is 30.8. The van der Waals surface area contributed by atoms with Crippen molar-refractivity contribution in [1.82, 2.24) is 0 Å². The van der Waals surface area contributed by atoms with Crippen LogP contribution in [-0.4, -0.2) is 24.4 Å². The van der Waals surface area contributed by atoms with E-state index in [-0.39, 0.29) is 16.7 Å². The van der Waals surface area contributed by atoms with Crippen LogP contribution in [0.5, 0.6) is 0 Å². The van der Waals surface area contributed by atoms with Crippen LogP contribution in [0, 0.1) is 5.92 Å². The van der Waals surface area contributed by atoms with Gasteiger partial charge in [-0.1, -0.05) is 98.3 Å². The second-order valence-electron chi connectivity index (χ2n) is 13.8. The van der Waals surface area contributed by atoms with Crippen LogP contribution in [-0.2, 0) is 10.8 Å². The summed E-state index contributed by atoms with van der Waals surface area (Å²) in [5.41, 5.74) is 9.10. The summed E-state index contributed by atoms with van der Waals surface area (Å²) in [6.45, 7) is 9.39. The molecule has 0 radical (unpaired) electrons. The highest BCUT2D eigenvalue weighted by atomic mass is 35.5. The quantitative estimate of drug-likeness (QED) is 0.212. The largest absolute Gasteiger partial charge is 0.347 e. The van der Waals surface area contributed by atoms with Gasteiger partial charge in [0.05, 0.1) is 5.41 Å². The molecule has 0 saturated heterocycles. The molecule has 1 atom stereocenters. The minimum atomic E-state index is -0.0996. The van der Waals surface area contributed by atoms with Gasteiger partial charge in [0.25, 0.3) is 0 Å². The van der Waals surface area contributed by atoms with Gasteiger partial charge < -0.3 is 4.90 Å². The Labute approximate surface area is 267 Å². The van der Waals surface area contributed by atoms with Crippen molar-refractivity contribution in [3.63, 3.8) is 0 Å². The first-order valence-electron chi connectivity index (χ1n) is 16.0. The van der Waals surface area contributed by atoms with E-state index in [9.17, 15) is 0 Å². The SMILES string of the molecule is CN1C(=CC=CC2CCCC(C=CC3=[N+](C)c4ccc5ccccc5c4C3(C)C)=C2Cl)C(C)(C)c2c1ccc1ccccc21. The third-order valence-corrected chi connectivity index (χ3v) is 10.9. The maximum Gasteiger partial charge on any atom is 0.210 e. The highest BCUT2D eigenvalue weighted by Crippen LogP contribution is 2.50. The highest BCUT2D eigenvalue weighted by Gasteiger charge is 2.44. The highest BCUT2D eigenvalue weighted by molar-refractivity contribution is 6.30. The summed E-state index contributed by atoms with van der Waals surface area (Å²) in [6, 6.07) is 26.5. The number of hydrogen-bond donors (Lipinski definition) is 0. The van der Waals surface area contributed by atoms with Crippen molar-refractivity contribution in [2.75, 3.05) is 19.0 Å². The van der Waals surface area contributed by atoms with Gasteiger partial charge in [0, 0.05) is 52.5 Å². The van der Waals surface area contributed by atoms with Gasteiger partial charge in [-0.2, -0.15) is 4.58 Å². The van der Waals surface area contributed by atoms with E-state index in [0.29, 0.717) is 0 Å². The van der Waals surface area contributed by atoms with E-state index in [1.807, 2.05) is 0 Å². The molecule has 3 heteroatoms. The van der Waals surface area contributed by atoms with E-state index in [1.165, 1.54) is 61.0 Å². The van der Waals surface area contributed by atoms with Crippen LogP contribution in [0.15, 0.2) is 119 Å². The molecule has 2 aliphatic heterocycles. The summed E-state index contributed by atoms with van der Waals surface area (Å²) < 4.78 is 2.36. The molecular formula is C41H42ClN2+. The number of hydrogen-bond acceptors (Lipinski definition) is 1. The van der Waals surface area contributed by atoms with E-state index in [1.54, 1.807) is 0 Å². The van der Waals surface area contributed by atoms with Gasteiger partial charge in [0.1, 0.15) is 7.05 Å². The van der Waals surface area contributed by atoms with Crippen molar-refractivity contribution in [2.24, 2.45) is 5.92 Å². The molecule has 2 nitrogen and oxygen atoms in total. The first-order valence-corrected chi connectivity index (χ1v) is 16.3. The Morgan fingerprint density at radius 2 is 1.48 bits per heavy atom. The second-order valence-corrected chi connectivity index (χ2v) is 14.2. The third kappa shape index (κ3) is 4.41. The van der Waals surface area contributed by atoms with E-state index in [4.69, 9.17) is 11.6 Å². The first-order chi connectivity index (χ1) is 21.1. The van der Waals surface area contributed by atoms with E-state index < -0.39 is 0 Å². The molecular weight excluding hydrogens is 556 g/mol. The first kappa shape index (κ1) is 28.9. The molecule has 0 bridgehead atoms. The number of likely N-dealkylation sites (N-methyl/N-ethyl adjacent to an activating group) is 1. The van der Waals surface area contributed by atoms with Gasteiger partial charge in [-0.05, 0) is 84.0 Å². The number of halogens is 1. The molecule has 0 saturated carbocycles. The summed E-state index contributed by atoms with van der Waals surface area (Å²) in [5.74, 6) is 0.236. The molecule has 0 N–H and O–H groups in total. The molecule has 222 valence electrons. The predicted octanol–water partition coefficient (Wildman–Crippen LogP) is 10.7.